The highest BCUT2D eigenvalue weighted by Crippen LogP contribution is 2.19. The molecule has 0 aliphatic carbocycles. The molecule has 0 radical (unpaired) electrons. The smallest absolute Gasteiger partial charge is 0.254 e. The van der Waals surface area contributed by atoms with E-state index in [4.69, 9.17) is 0 Å². The molecule has 2 N–H and O–H groups in total. The lowest BCUT2D eigenvalue weighted by atomic mass is 10.0. The van der Waals surface area contributed by atoms with Gasteiger partial charge in [0.2, 0.25) is 0 Å². The van der Waals surface area contributed by atoms with Crippen LogP contribution in [0.25, 0.3) is 0 Å². The number of carbonyl (C=O) groups excluding carboxylic acids is 2. The normalized spacial score (nSPS) is 15.8. The van der Waals surface area contributed by atoms with E-state index >= 15 is 0 Å². The number of imide groups is 1. The molecule has 1 aliphatic heterocycles. The number of rotatable bonds is 15. The molecule has 0 aromatic heterocycles. The Kier molecular flexibility index (Phi) is 11.5. The van der Waals surface area contributed by atoms with Crippen molar-refractivity contribution < 1.29 is 14.7 Å². The van der Waals surface area contributed by atoms with Crippen LogP contribution in [0.3, 0.4) is 0 Å². The van der Waals surface area contributed by atoms with Crippen molar-refractivity contribution in [3.8, 4) is 0 Å². The van der Waals surface area contributed by atoms with Crippen LogP contribution in [0.15, 0.2) is 11.1 Å². The zero-order chi connectivity index (χ0) is 18.5. The van der Waals surface area contributed by atoms with E-state index in [1.54, 1.807) is 6.92 Å². The van der Waals surface area contributed by atoms with E-state index in [1.807, 2.05) is 6.92 Å². The molecule has 4 heteroatoms. The lowest BCUT2D eigenvalue weighted by Gasteiger charge is -2.05. The zero-order valence-electron chi connectivity index (χ0n) is 16.2. The fourth-order valence-corrected chi connectivity index (χ4v) is 3.39. The Balaban J connectivity index is 1.84. The van der Waals surface area contributed by atoms with Crippen molar-refractivity contribution in [1.29, 1.82) is 0 Å². The summed E-state index contributed by atoms with van der Waals surface area (Å²) in [6, 6.07) is 0. The van der Waals surface area contributed by atoms with Gasteiger partial charge in [-0.05, 0) is 33.1 Å². The van der Waals surface area contributed by atoms with E-state index in [9.17, 15) is 14.7 Å². The summed E-state index contributed by atoms with van der Waals surface area (Å²) in [6.45, 7) is 3.60. The quantitative estimate of drug-likeness (QED) is 0.329. The van der Waals surface area contributed by atoms with Crippen LogP contribution in [0.5, 0.6) is 0 Å². The second kappa shape index (κ2) is 13.1. The first-order chi connectivity index (χ1) is 12.0. The highest BCUT2D eigenvalue weighted by Gasteiger charge is 2.25. The third kappa shape index (κ3) is 9.78. The van der Waals surface area contributed by atoms with Gasteiger partial charge in [-0.3, -0.25) is 14.9 Å². The molecule has 1 aliphatic rings. The number of hydrogen-bond donors (Lipinski definition) is 2. The van der Waals surface area contributed by atoms with Gasteiger partial charge in [0.05, 0.1) is 6.10 Å². The summed E-state index contributed by atoms with van der Waals surface area (Å²) in [6.07, 6.45) is 16.5. The second-order valence-electron chi connectivity index (χ2n) is 7.52. The molecule has 0 aromatic carbocycles. The standard InChI is InChI=1S/C21H37NO3/c1-17(23)15-13-11-9-7-5-3-4-6-8-10-12-14-16-19-18(2)20(24)22-21(19)25/h17,23H,3-16H2,1-2H3,(H,22,24,25)/t17-/m0/s1. The van der Waals surface area contributed by atoms with Crippen LogP contribution < -0.4 is 5.32 Å². The molecule has 2 amide bonds. The van der Waals surface area contributed by atoms with E-state index < -0.39 is 0 Å². The molecule has 4 nitrogen and oxygen atoms in total. The first-order valence-corrected chi connectivity index (χ1v) is 10.3. The molecular formula is C21H37NO3. The number of hydrogen-bond acceptors (Lipinski definition) is 3. The second-order valence-corrected chi connectivity index (χ2v) is 7.52. The fraction of sp³-hybridized carbons (Fsp3) is 0.810. The van der Waals surface area contributed by atoms with Crippen molar-refractivity contribution in [3.63, 3.8) is 0 Å². The fourth-order valence-electron chi connectivity index (χ4n) is 3.39. The van der Waals surface area contributed by atoms with Crippen LogP contribution in [-0.4, -0.2) is 23.0 Å². The van der Waals surface area contributed by atoms with Crippen LogP contribution in [-0.2, 0) is 9.59 Å². The average Bonchev–Trinajstić information content (AvgIpc) is 2.80. The molecule has 0 spiro atoms. The Morgan fingerprint density at radius 1 is 0.760 bits per heavy atom. The molecule has 0 unspecified atom stereocenters. The Morgan fingerprint density at radius 2 is 1.20 bits per heavy atom. The van der Waals surface area contributed by atoms with E-state index in [1.165, 1.54) is 57.8 Å². The van der Waals surface area contributed by atoms with Gasteiger partial charge in [-0.2, -0.15) is 0 Å². The van der Waals surface area contributed by atoms with Gasteiger partial charge in [0.15, 0.2) is 0 Å². The molecule has 1 rings (SSSR count). The van der Waals surface area contributed by atoms with Crippen molar-refractivity contribution in [3.05, 3.63) is 11.1 Å². The van der Waals surface area contributed by atoms with Crippen LogP contribution >= 0.6 is 0 Å². The highest BCUT2D eigenvalue weighted by atomic mass is 16.3. The molecule has 0 bridgehead atoms. The van der Waals surface area contributed by atoms with Gasteiger partial charge in [0.25, 0.3) is 11.8 Å². The minimum Gasteiger partial charge on any atom is -0.393 e. The molecule has 144 valence electrons. The first kappa shape index (κ1) is 21.9. The van der Waals surface area contributed by atoms with E-state index in [-0.39, 0.29) is 17.9 Å². The van der Waals surface area contributed by atoms with Gasteiger partial charge < -0.3 is 5.11 Å². The van der Waals surface area contributed by atoms with Gasteiger partial charge in [0, 0.05) is 11.1 Å². The van der Waals surface area contributed by atoms with Crippen LogP contribution in [0.1, 0.15) is 104 Å². The predicted molar refractivity (Wildman–Crippen MR) is 102 cm³/mol. The summed E-state index contributed by atoms with van der Waals surface area (Å²) < 4.78 is 0. The lowest BCUT2D eigenvalue weighted by molar-refractivity contribution is -0.124. The maximum absolute atomic E-state index is 11.6. The minimum atomic E-state index is -0.219. The van der Waals surface area contributed by atoms with Crippen LogP contribution in [0.4, 0.5) is 0 Å². The monoisotopic (exact) mass is 351 g/mol. The number of unbranched alkanes of at least 4 members (excludes halogenated alkanes) is 11. The number of aliphatic hydroxyl groups excluding tert-OH is 1. The van der Waals surface area contributed by atoms with E-state index in [2.05, 4.69) is 5.32 Å². The molecule has 0 saturated heterocycles. The summed E-state index contributed by atoms with van der Waals surface area (Å²) in [7, 11) is 0. The lowest BCUT2D eigenvalue weighted by Crippen LogP contribution is -2.22. The Morgan fingerprint density at radius 3 is 1.60 bits per heavy atom. The van der Waals surface area contributed by atoms with Crippen molar-refractivity contribution in [2.75, 3.05) is 0 Å². The molecule has 0 aromatic rings. The molecule has 1 atom stereocenters. The minimum absolute atomic E-state index is 0.140. The Bertz CT molecular complexity index is 440. The van der Waals surface area contributed by atoms with Crippen molar-refractivity contribution in [1.82, 2.24) is 5.32 Å². The summed E-state index contributed by atoms with van der Waals surface area (Å²) >= 11 is 0. The molecule has 25 heavy (non-hydrogen) atoms. The molecule has 0 fully saturated rings. The topological polar surface area (TPSA) is 66.4 Å². The maximum atomic E-state index is 11.6. The third-order valence-electron chi connectivity index (χ3n) is 5.09. The molecular weight excluding hydrogens is 314 g/mol. The largest absolute Gasteiger partial charge is 0.393 e. The van der Waals surface area contributed by atoms with Gasteiger partial charge >= 0.3 is 0 Å². The average molecular weight is 352 g/mol. The predicted octanol–water partition coefficient (Wildman–Crippen LogP) is 4.80. The number of amides is 2. The van der Waals surface area contributed by atoms with Crippen LogP contribution in [0, 0.1) is 0 Å². The van der Waals surface area contributed by atoms with Gasteiger partial charge in [-0.15, -0.1) is 0 Å². The Hall–Kier alpha value is -1.16. The Labute approximate surface area is 153 Å². The number of nitrogens with one attached hydrogen (secondary N) is 1. The third-order valence-corrected chi connectivity index (χ3v) is 5.09. The summed E-state index contributed by atoms with van der Waals surface area (Å²) in [5.74, 6) is -0.406. The van der Waals surface area contributed by atoms with Crippen molar-refractivity contribution in [2.24, 2.45) is 0 Å². The molecule has 0 saturated carbocycles. The summed E-state index contributed by atoms with van der Waals surface area (Å²) in [5.41, 5.74) is 1.30. The van der Waals surface area contributed by atoms with Gasteiger partial charge in [-0.25, -0.2) is 0 Å². The van der Waals surface area contributed by atoms with Crippen LogP contribution in [0.2, 0.25) is 0 Å². The van der Waals surface area contributed by atoms with Crippen molar-refractivity contribution in [2.45, 2.75) is 110 Å². The van der Waals surface area contributed by atoms with E-state index in [0.717, 1.165) is 32.1 Å². The summed E-state index contributed by atoms with van der Waals surface area (Å²) in [5, 5.41) is 11.5. The summed E-state index contributed by atoms with van der Waals surface area (Å²) in [4.78, 5) is 22.9. The highest BCUT2D eigenvalue weighted by molar-refractivity contribution is 6.19. The van der Waals surface area contributed by atoms with Crippen molar-refractivity contribution >= 4 is 11.8 Å². The SMILES string of the molecule is CC1=C(CCCCCCCCCCCCCC[C@H](C)O)C(=O)NC1=O. The molecule has 1 heterocycles. The zero-order valence-corrected chi connectivity index (χ0v) is 16.2. The number of carbonyl (C=O) groups is 2. The van der Waals surface area contributed by atoms with E-state index in [0.29, 0.717) is 11.1 Å². The van der Waals surface area contributed by atoms with Gasteiger partial charge in [0.1, 0.15) is 0 Å². The maximum Gasteiger partial charge on any atom is 0.254 e. The number of aliphatic hydroxyl groups is 1. The van der Waals surface area contributed by atoms with Gasteiger partial charge in [-0.1, -0.05) is 70.6 Å². The first-order valence-electron chi connectivity index (χ1n) is 10.3.